The lowest BCUT2D eigenvalue weighted by molar-refractivity contribution is 0.0955. The minimum atomic E-state index is -0.276. The molecule has 6 nitrogen and oxygen atoms in total. The summed E-state index contributed by atoms with van der Waals surface area (Å²) in [6, 6.07) is 18.5. The Balaban J connectivity index is 1.42. The van der Waals surface area contributed by atoms with Crippen LogP contribution in [0.15, 0.2) is 77.3 Å². The zero-order chi connectivity index (χ0) is 20.2. The van der Waals surface area contributed by atoms with E-state index in [1.807, 2.05) is 54.8 Å². The van der Waals surface area contributed by atoms with Crippen molar-refractivity contribution in [1.29, 1.82) is 0 Å². The molecule has 0 aliphatic carbocycles. The van der Waals surface area contributed by atoms with Gasteiger partial charge in [-0.2, -0.15) is 5.10 Å². The van der Waals surface area contributed by atoms with E-state index in [0.717, 1.165) is 16.5 Å². The zero-order valence-corrected chi connectivity index (χ0v) is 16.4. The number of amides is 2. The van der Waals surface area contributed by atoms with Crippen molar-refractivity contribution in [3.05, 3.63) is 88.2 Å². The Morgan fingerprint density at radius 1 is 0.966 bits per heavy atom. The number of hydrogen-bond donors (Lipinski definition) is 3. The molecule has 0 saturated heterocycles. The molecular formula is C22H18N4O2S. The van der Waals surface area contributed by atoms with E-state index >= 15 is 0 Å². The fourth-order valence-corrected chi connectivity index (χ4v) is 3.53. The number of anilines is 1. The molecule has 2 aromatic carbocycles. The van der Waals surface area contributed by atoms with E-state index in [-0.39, 0.29) is 11.8 Å². The molecule has 0 aliphatic rings. The van der Waals surface area contributed by atoms with Crippen molar-refractivity contribution in [3.8, 4) is 0 Å². The van der Waals surface area contributed by atoms with Crippen LogP contribution in [0.4, 0.5) is 5.69 Å². The number of fused-ring (bicyclic) bond motifs is 1. The fraction of sp³-hybridized carbons (Fsp3) is 0.0455. The Morgan fingerprint density at radius 3 is 2.52 bits per heavy atom. The number of hydrogen-bond acceptors (Lipinski definition) is 4. The van der Waals surface area contributed by atoms with Crippen LogP contribution in [0, 0.1) is 0 Å². The number of rotatable bonds is 5. The smallest absolute Gasteiger partial charge is 0.273 e. The predicted molar refractivity (Wildman–Crippen MR) is 117 cm³/mol. The second-order valence-corrected chi connectivity index (χ2v) is 7.34. The van der Waals surface area contributed by atoms with Gasteiger partial charge in [-0.3, -0.25) is 9.59 Å². The zero-order valence-electron chi connectivity index (χ0n) is 15.6. The van der Waals surface area contributed by atoms with Crippen LogP contribution in [0.25, 0.3) is 10.9 Å². The molecule has 2 amide bonds. The number of thiophene rings is 1. The molecule has 7 heteroatoms. The van der Waals surface area contributed by atoms with Crippen molar-refractivity contribution in [2.75, 3.05) is 5.32 Å². The highest BCUT2D eigenvalue weighted by molar-refractivity contribution is 7.12. The highest BCUT2D eigenvalue weighted by Gasteiger charge is 2.11. The minimum Gasteiger partial charge on any atom is -0.360 e. The third-order valence-electron chi connectivity index (χ3n) is 4.46. The molecule has 0 bridgehead atoms. The molecule has 3 N–H and O–H groups in total. The predicted octanol–water partition coefficient (Wildman–Crippen LogP) is 4.64. The summed E-state index contributed by atoms with van der Waals surface area (Å²) in [5.41, 5.74) is 6.25. The van der Waals surface area contributed by atoms with E-state index in [1.165, 1.54) is 11.3 Å². The first-order valence-electron chi connectivity index (χ1n) is 8.98. The van der Waals surface area contributed by atoms with Gasteiger partial charge in [-0.25, -0.2) is 5.43 Å². The van der Waals surface area contributed by atoms with Crippen LogP contribution in [-0.4, -0.2) is 22.5 Å². The maximum atomic E-state index is 12.5. The molecule has 2 aromatic heterocycles. The SMILES string of the molecule is C/C(=N\NC(=O)c1c[nH]c2ccccc12)c1ccc(NC(=O)c2cccs2)cc1. The molecule has 0 atom stereocenters. The molecule has 4 aromatic rings. The van der Waals surface area contributed by atoms with Gasteiger partial charge in [0, 0.05) is 22.8 Å². The minimum absolute atomic E-state index is 0.135. The summed E-state index contributed by atoms with van der Waals surface area (Å²) >= 11 is 1.39. The summed E-state index contributed by atoms with van der Waals surface area (Å²) in [6.07, 6.45) is 1.68. The molecule has 0 aliphatic heterocycles. The average Bonchev–Trinajstić information content (AvgIpc) is 3.42. The van der Waals surface area contributed by atoms with Crippen LogP contribution in [-0.2, 0) is 0 Å². The van der Waals surface area contributed by atoms with E-state index in [9.17, 15) is 9.59 Å². The summed E-state index contributed by atoms with van der Waals surface area (Å²) in [7, 11) is 0. The fourth-order valence-electron chi connectivity index (χ4n) is 2.91. The lowest BCUT2D eigenvalue weighted by Gasteiger charge is -2.06. The number of benzene rings is 2. The lowest BCUT2D eigenvalue weighted by atomic mass is 10.1. The Kier molecular flexibility index (Phi) is 5.22. The van der Waals surface area contributed by atoms with Crippen LogP contribution in [0.3, 0.4) is 0 Å². The highest BCUT2D eigenvalue weighted by atomic mass is 32.1. The van der Waals surface area contributed by atoms with Crippen molar-refractivity contribution >= 4 is 45.5 Å². The monoisotopic (exact) mass is 402 g/mol. The number of carbonyl (C=O) groups is 2. The average molecular weight is 402 g/mol. The summed E-state index contributed by atoms with van der Waals surface area (Å²) in [5.74, 6) is -0.411. The molecule has 29 heavy (non-hydrogen) atoms. The first-order valence-corrected chi connectivity index (χ1v) is 9.86. The Morgan fingerprint density at radius 2 is 1.76 bits per heavy atom. The molecular weight excluding hydrogens is 384 g/mol. The van der Waals surface area contributed by atoms with Gasteiger partial charge in [0.2, 0.25) is 0 Å². The number of aromatic nitrogens is 1. The lowest BCUT2D eigenvalue weighted by Crippen LogP contribution is -2.19. The van der Waals surface area contributed by atoms with Crippen LogP contribution in [0.1, 0.15) is 32.5 Å². The number of carbonyl (C=O) groups excluding carboxylic acids is 2. The van der Waals surface area contributed by atoms with Gasteiger partial charge in [0.05, 0.1) is 16.2 Å². The molecule has 0 saturated carbocycles. The second-order valence-electron chi connectivity index (χ2n) is 6.39. The van der Waals surface area contributed by atoms with E-state index in [4.69, 9.17) is 0 Å². The van der Waals surface area contributed by atoms with Gasteiger partial charge in [-0.1, -0.05) is 36.4 Å². The molecule has 0 spiro atoms. The van der Waals surface area contributed by atoms with E-state index in [2.05, 4.69) is 20.8 Å². The van der Waals surface area contributed by atoms with Crippen molar-refractivity contribution in [1.82, 2.24) is 10.4 Å². The van der Waals surface area contributed by atoms with Crippen LogP contribution in [0.2, 0.25) is 0 Å². The highest BCUT2D eigenvalue weighted by Crippen LogP contribution is 2.18. The third-order valence-corrected chi connectivity index (χ3v) is 5.33. The number of para-hydroxylation sites is 1. The molecule has 2 heterocycles. The summed E-state index contributed by atoms with van der Waals surface area (Å²) < 4.78 is 0. The number of hydrazone groups is 1. The second kappa shape index (κ2) is 8.12. The summed E-state index contributed by atoms with van der Waals surface area (Å²) in [4.78, 5) is 28.3. The maximum absolute atomic E-state index is 12.5. The Labute approximate surface area is 171 Å². The molecule has 0 fully saturated rings. The topological polar surface area (TPSA) is 86.3 Å². The van der Waals surface area contributed by atoms with Gasteiger partial charge >= 0.3 is 0 Å². The van der Waals surface area contributed by atoms with Gasteiger partial charge in [-0.05, 0) is 42.1 Å². The first kappa shape index (κ1) is 18.6. The quantitative estimate of drug-likeness (QED) is 0.336. The van der Waals surface area contributed by atoms with Crippen molar-refractivity contribution < 1.29 is 9.59 Å². The van der Waals surface area contributed by atoms with E-state index < -0.39 is 0 Å². The van der Waals surface area contributed by atoms with E-state index in [0.29, 0.717) is 21.8 Å². The molecule has 4 rings (SSSR count). The maximum Gasteiger partial charge on any atom is 0.273 e. The van der Waals surface area contributed by atoms with Gasteiger partial charge in [0.25, 0.3) is 11.8 Å². The summed E-state index contributed by atoms with van der Waals surface area (Å²) in [5, 5.41) is 9.77. The van der Waals surface area contributed by atoms with Gasteiger partial charge < -0.3 is 10.3 Å². The van der Waals surface area contributed by atoms with Gasteiger partial charge in [-0.15, -0.1) is 11.3 Å². The van der Waals surface area contributed by atoms with Crippen molar-refractivity contribution in [2.45, 2.75) is 6.92 Å². The normalized spacial score (nSPS) is 11.4. The molecule has 144 valence electrons. The number of nitrogens with zero attached hydrogens (tertiary/aromatic N) is 1. The Hall–Kier alpha value is -3.71. The first-order chi connectivity index (χ1) is 14.1. The largest absolute Gasteiger partial charge is 0.360 e. The summed E-state index contributed by atoms with van der Waals surface area (Å²) in [6.45, 7) is 1.81. The van der Waals surface area contributed by atoms with Crippen molar-refractivity contribution in [2.24, 2.45) is 5.10 Å². The van der Waals surface area contributed by atoms with Crippen LogP contribution >= 0.6 is 11.3 Å². The van der Waals surface area contributed by atoms with E-state index in [1.54, 1.807) is 24.4 Å². The van der Waals surface area contributed by atoms with Crippen LogP contribution < -0.4 is 10.7 Å². The van der Waals surface area contributed by atoms with Gasteiger partial charge in [0.1, 0.15) is 0 Å². The number of aromatic amines is 1. The third kappa shape index (κ3) is 4.09. The number of nitrogens with one attached hydrogen (secondary N) is 3. The number of H-pyrrole nitrogens is 1. The molecule has 0 radical (unpaired) electrons. The standard InChI is InChI=1S/C22H18N4O2S/c1-14(25-26-21(27)18-13-23-19-6-3-2-5-17(18)19)15-8-10-16(11-9-15)24-22(28)20-7-4-12-29-20/h2-13,23H,1H3,(H,24,28)(H,26,27)/b25-14+. The van der Waals surface area contributed by atoms with Crippen LogP contribution in [0.5, 0.6) is 0 Å². The van der Waals surface area contributed by atoms with Gasteiger partial charge in [0.15, 0.2) is 0 Å². The molecule has 0 unspecified atom stereocenters. The van der Waals surface area contributed by atoms with Crippen molar-refractivity contribution in [3.63, 3.8) is 0 Å². The Bertz CT molecular complexity index is 1190.